The summed E-state index contributed by atoms with van der Waals surface area (Å²) in [4.78, 5) is 92.7. The van der Waals surface area contributed by atoms with Gasteiger partial charge in [-0.15, -0.1) is 0 Å². The van der Waals surface area contributed by atoms with Crippen LogP contribution >= 0.6 is 0 Å². The van der Waals surface area contributed by atoms with Gasteiger partial charge in [-0.3, -0.25) is 38.7 Å². The van der Waals surface area contributed by atoms with Crippen molar-refractivity contribution in [2.45, 2.75) is 254 Å². The quantitative estimate of drug-likeness (QED) is 0.0425. The zero-order valence-electron chi connectivity index (χ0n) is 82.0. The van der Waals surface area contributed by atoms with Crippen molar-refractivity contribution in [2.75, 3.05) is 72.7 Å². The third-order valence-electron chi connectivity index (χ3n) is 27.6. The average Bonchev–Trinajstić information content (AvgIpc) is 1.88. The van der Waals surface area contributed by atoms with Crippen LogP contribution < -0.4 is 5.32 Å². The fourth-order valence-corrected chi connectivity index (χ4v) is 19.5. The lowest BCUT2D eigenvalue weighted by Crippen LogP contribution is -2.39. The van der Waals surface area contributed by atoms with E-state index in [-0.39, 0.29) is 41.5 Å². The zero-order valence-corrected chi connectivity index (χ0v) is 82.0. The van der Waals surface area contributed by atoms with E-state index in [1.807, 2.05) is 145 Å². The molecule has 139 heavy (non-hydrogen) atoms. The molecule has 2 fully saturated rings. The molecule has 10 aromatic heterocycles. The largest absolute Gasteiger partial charge is 0.467 e. The Kier molecular flexibility index (Phi) is 36.5. The standard InChI is InChI=1S/C21H29N3O4.C19H26N2O4.C19H24N2O3.C18H22N2O2.C17H20N2O2.C14H15N3O2/c1-16-5-6-19-18(14-16)20(22-28-19)21(25)24(15-17-4-2-11-27-17)8-3-7-23-9-12-26-13-10-23;1-3-23-10-5-9-21(13-15-6-4-11-24-15)19(22)18-16-12-14(2)7-8-17(16)25-20-18;1-13-8-9-17-16(11-13)18(20-24-17)19(22)21(14-5-2-3-6-14)12-15-7-4-10-23-15;1-3-20(12-14-7-5-4-6-8-14)18(21)17-15-11-13(2)9-10-16(15)22-19-17;1-12-8-9-15-14(10-12)16(18-21-15)17(20)19(2)11-13-6-4-3-5-7-13;18-14(16-9-10-4-3-7-15-8-10)13-11-5-1-2-6-12(11)19-17-13/h2,4,11,16H,3,5-10,12-15H2,1H3;4,6,11,14H,3,5,7-10,12-13H2,1-2H3;4,7,10,13-14H,2-3,5-6,8-9,11-12H2,1H3;4-8,13H,3,9-12H2,1-2H3;3-7,12H,8-11H2,1-2H3;3-4,7-8H,1-2,5-6,9H2,(H,16,18). The van der Waals surface area contributed by atoms with Crippen molar-refractivity contribution >= 4 is 35.4 Å². The molecule has 7 aliphatic carbocycles. The van der Waals surface area contributed by atoms with Crippen LogP contribution in [0.2, 0.25) is 0 Å². The van der Waals surface area contributed by atoms with Crippen LogP contribution in [0.15, 0.2) is 181 Å². The second kappa shape index (κ2) is 50.3. The summed E-state index contributed by atoms with van der Waals surface area (Å²) >= 11 is 0. The normalized spacial score (nSPS) is 17.9. The molecule has 12 aromatic rings. The van der Waals surface area contributed by atoms with E-state index in [0.29, 0.717) is 136 Å². The summed E-state index contributed by atoms with van der Waals surface area (Å²) in [5, 5.41) is 27.3. The van der Waals surface area contributed by atoms with Gasteiger partial charge >= 0.3 is 0 Å². The van der Waals surface area contributed by atoms with Crippen molar-refractivity contribution in [1.82, 2.24) is 70.6 Å². The maximum atomic E-state index is 13.3. The van der Waals surface area contributed by atoms with Crippen LogP contribution in [0.25, 0.3) is 0 Å². The first-order valence-electron chi connectivity index (χ1n) is 50.3. The number of hydrogen-bond donors (Lipinski definition) is 1. The third-order valence-corrected chi connectivity index (χ3v) is 27.6. The molecule has 5 unspecified atom stereocenters. The number of ether oxygens (including phenoxy) is 2. The fraction of sp³-hybridized carbons (Fsp3) is 0.509. The van der Waals surface area contributed by atoms with Gasteiger partial charge < -0.3 is 79.7 Å². The highest BCUT2D eigenvalue weighted by atomic mass is 16.5. The first-order valence-corrected chi connectivity index (χ1v) is 50.3. The van der Waals surface area contributed by atoms with Crippen LogP contribution in [0, 0.1) is 29.6 Å². The van der Waals surface area contributed by atoms with Gasteiger partial charge in [0.2, 0.25) is 0 Å². The molecule has 8 aliphatic rings. The van der Waals surface area contributed by atoms with Gasteiger partial charge in [-0.25, -0.2) is 0 Å². The highest BCUT2D eigenvalue weighted by Gasteiger charge is 2.38. The molecule has 20 rings (SSSR count). The number of hydrogen-bond acceptors (Lipinski definition) is 25. The summed E-state index contributed by atoms with van der Waals surface area (Å²) in [6, 6.07) is 35.3. The highest BCUT2D eigenvalue weighted by molar-refractivity contribution is 5.97. The van der Waals surface area contributed by atoms with Crippen molar-refractivity contribution in [3.05, 3.63) is 276 Å². The maximum Gasteiger partial charge on any atom is 0.276 e. The average molecular weight is 1900 g/mol. The smallest absolute Gasteiger partial charge is 0.276 e. The second-order valence-electron chi connectivity index (χ2n) is 38.5. The Morgan fingerprint density at radius 3 is 1.26 bits per heavy atom. The van der Waals surface area contributed by atoms with Crippen molar-refractivity contribution < 1.29 is 78.6 Å². The number of fused-ring (bicyclic) bond motifs is 6. The highest BCUT2D eigenvalue weighted by Crippen LogP contribution is 2.37. The van der Waals surface area contributed by atoms with E-state index < -0.39 is 0 Å². The monoisotopic (exact) mass is 1900 g/mol. The van der Waals surface area contributed by atoms with Gasteiger partial charge in [0.25, 0.3) is 35.4 Å². The number of aromatic nitrogens is 7. The molecule has 31 nitrogen and oxygen atoms in total. The number of aryl methyl sites for hydroxylation is 6. The predicted octanol–water partition coefficient (Wildman–Crippen LogP) is 18.6. The van der Waals surface area contributed by atoms with E-state index in [2.05, 4.69) is 80.8 Å². The van der Waals surface area contributed by atoms with Crippen LogP contribution in [-0.2, 0) is 126 Å². The Bertz CT molecular complexity index is 5830. The molecular weight excluding hydrogens is 1770 g/mol. The summed E-state index contributed by atoms with van der Waals surface area (Å²) < 4.78 is 59.6. The summed E-state index contributed by atoms with van der Waals surface area (Å²) in [6.07, 6.45) is 32.8. The third kappa shape index (κ3) is 27.3. The molecule has 0 radical (unpaired) electrons. The van der Waals surface area contributed by atoms with Gasteiger partial charge in [-0.05, 0) is 212 Å². The minimum Gasteiger partial charge on any atom is -0.467 e. The van der Waals surface area contributed by atoms with Crippen molar-refractivity contribution in [2.24, 2.45) is 29.6 Å². The SMILES string of the molecule is CC1CCc2onc(C(=O)N(C)Cc3ccccc3)c2C1.CC1CCc2onc(C(=O)N(CCCN3CCOCC3)Cc3ccco3)c2C1.CC1CCc2onc(C(=O)N(Cc3ccco3)C3CCCC3)c2C1.CCN(Cc1ccccc1)C(=O)c1noc2c1CC(C)CC2.CCOCCCN(Cc1ccco1)C(=O)c1noc2c1CC(C)CC2.O=C(NCc1cccnc1)c1noc2c1CCCC2. The summed E-state index contributed by atoms with van der Waals surface area (Å²) in [5.41, 5.74) is 12.2. The lowest BCUT2D eigenvalue weighted by Gasteiger charge is -2.28. The molecule has 1 aliphatic heterocycles. The number of nitrogens with one attached hydrogen (secondary N) is 1. The summed E-state index contributed by atoms with van der Waals surface area (Å²) in [6.45, 7) is 25.7. The minimum absolute atomic E-state index is 0.00241. The molecular formula is C108H136N14O17. The van der Waals surface area contributed by atoms with Crippen LogP contribution in [-0.4, -0.2) is 180 Å². The van der Waals surface area contributed by atoms with Gasteiger partial charge in [0.1, 0.15) is 51.8 Å². The Balaban J connectivity index is 0.000000127. The number of pyridine rings is 1. The summed E-state index contributed by atoms with van der Waals surface area (Å²) in [5.74, 6) is 10.1. The van der Waals surface area contributed by atoms with E-state index in [9.17, 15) is 28.8 Å². The zero-order chi connectivity index (χ0) is 96.9. The molecule has 1 N–H and O–H groups in total. The molecule has 1 saturated heterocycles. The fourth-order valence-electron chi connectivity index (χ4n) is 19.5. The number of nitrogens with zero attached hydrogens (tertiary/aromatic N) is 13. The van der Waals surface area contributed by atoms with E-state index in [1.54, 1.807) is 41.0 Å². The molecule has 31 heteroatoms. The molecule has 11 heterocycles. The van der Waals surface area contributed by atoms with Gasteiger partial charge in [0.15, 0.2) is 34.2 Å². The van der Waals surface area contributed by atoms with E-state index in [0.717, 1.165) is 282 Å². The van der Waals surface area contributed by atoms with Crippen molar-refractivity contribution in [3.63, 3.8) is 0 Å². The van der Waals surface area contributed by atoms with E-state index in [1.165, 1.54) is 12.8 Å². The molecule has 5 atom stereocenters. The topological polar surface area (TPSA) is 361 Å². The summed E-state index contributed by atoms with van der Waals surface area (Å²) in [7, 11) is 1.81. The molecule has 2 aromatic carbocycles. The molecule has 6 amide bonds. The lowest BCUT2D eigenvalue weighted by molar-refractivity contribution is 0.0354. The van der Waals surface area contributed by atoms with Crippen molar-refractivity contribution in [3.8, 4) is 0 Å². The van der Waals surface area contributed by atoms with Gasteiger partial charge in [0, 0.05) is 170 Å². The molecule has 740 valence electrons. The Morgan fingerprint density at radius 2 is 0.820 bits per heavy atom. The number of rotatable bonds is 29. The maximum absolute atomic E-state index is 13.3. The van der Waals surface area contributed by atoms with Gasteiger partial charge in [-0.2, -0.15) is 0 Å². The van der Waals surface area contributed by atoms with Crippen LogP contribution in [0.1, 0.15) is 297 Å². The first kappa shape index (κ1) is 101. The number of amides is 6. The number of carbonyl (C=O) groups is 6. The minimum atomic E-state index is -0.171. The number of morpholine rings is 1. The Morgan fingerprint density at radius 1 is 0.410 bits per heavy atom. The lowest BCUT2D eigenvalue weighted by atomic mass is 9.88. The Hall–Kier alpha value is -12.6. The second-order valence-corrected chi connectivity index (χ2v) is 38.5. The molecule has 0 spiro atoms. The number of benzene rings is 2. The van der Waals surface area contributed by atoms with Crippen LogP contribution in [0.4, 0.5) is 0 Å². The van der Waals surface area contributed by atoms with E-state index in [4.69, 9.17) is 49.9 Å². The first-order chi connectivity index (χ1) is 67.8. The van der Waals surface area contributed by atoms with Crippen molar-refractivity contribution in [1.29, 1.82) is 0 Å². The van der Waals surface area contributed by atoms with Gasteiger partial charge in [-0.1, -0.05) is 145 Å². The molecule has 1 saturated carbocycles. The van der Waals surface area contributed by atoms with E-state index >= 15 is 0 Å². The van der Waals surface area contributed by atoms with Crippen LogP contribution in [0.5, 0.6) is 0 Å². The predicted molar refractivity (Wildman–Crippen MR) is 517 cm³/mol. The Labute approximate surface area is 813 Å². The number of furan rings is 3. The number of carbonyl (C=O) groups excluding carboxylic acids is 6. The molecule has 0 bridgehead atoms. The van der Waals surface area contributed by atoms with Crippen LogP contribution in [0.3, 0.4) is 0 Å². The van der Waals surface area contributed by atoms with Gasteiger partial charge in [0.05, 0.1) is 51.6 Å².